The number of H-pyrrole nitrogens is 1. The summed E-state index contributed by atoms with van der Waals surface area (Å²) in [6, 6.07) is 3.58. The number of nitrogens with one attached hydrogen (secondary N) is 4. The SMILES string of the molecule is N#C[C@H](CC1CCNC1=O)NC(=O)[C@H](CC1CC1)NC(=O)c1nc2c(Cl)ccc(Cl)c2[nH]1. The van der Waals surface area contributed by atoms with Crippen molar-refractivity contribution in [2.75, 3.05) is 6.54 Å². The van der Waals surface area contributed by atoms with E-state index in [1.807, 2.05) is 6.07 Å². The predicted molar refractivity (Wildman–Crippen MR) is 118 cm³/mol. The standard InChI is InChI=1S/C21H22Cl2N6O3/c22-13-3-4-14(23)17-16(13)28-18(29-17)21(32)27-15(7-10-1-2-10)20(31)26-12(9-24)8-11-5-6-25-19(11)30/h3-4,10-12,15H,1-2,5-8H2,(H,25,30)(H,26,31)(H,27,32)(H,28,29)/t11?,12-,15-/m0/s1. The second-order valence-electron chi connectivity index (χ2n) is 8.25. The van der Waals surface area contributed by atoms with Crippen LogP contribution in [0.4, 0.5) is 0 Å². The number of nitrogens with zero attached hydrogens (tertiary/aromatic N) is 2. The number of rotatable bonds is 8. The number of amides is 3. The lowest BCUT2D eigenvalue weighted by Crippen LogP contribution is -2.50. The summed E-state index contributed by atoms with van der Waals surface area (Å²) in [6.45, 7) is 0.571. The fraction of sp³-hybridized carbons (Fsp3) is 0.476. The molecule has 0 spiro atoms. The minimum atomic E-state index is -0.831. The summed E-state index contributed by atoms with van der Waals surface area (Å²) in [6.07, 6.45) is 3.30. The molecule has 9 nitrogen and oxygen atoms in total. The van der Waals surface area contributed by atoms with Gasteiger partial charge >= 0.3 is 0 Å². The van der Waals surface area contributed by atoms with E-state index in [4.69, 9.17) is 23.2 Å². The molecule has 0 bridgehead atoms. The molecule has 4 rings (SSSR count). The predicted octanol–water partition coefficient (Wildman–Crippen LogP) is 2.30. The van der Waals surface area contributed by atoms with Gasteiger partial charge in [-0.3, -0.25) is 14.4 Å². The summed E-state index contributed by atoms with van der Waals surface area (Å²) >= 11 is 12.3. The second-order valence-corrected chi connectivity index (χ2v) is 9.06. The van der Waals surface area contributed by atoms with Gasteiger partial charge in [-0.05, 0) is 37.3 Å². The lowest BCUT2D eigenvalue weighted by atomic mass is 9.98. The molecule has 11 heteroatoms. The molecule has 32 heavy (non-hydrogen) atoms. The first-order valence-electron chi connectivity index (χ1n) is 10.5. The molecule has 3 atom stereocenters. The van der Waals surface area contributed by atoms with Crippen LogP contribution in [0.2, 0.25) is 10.0 Å². The fourth-order valence-electron chi connectivity index (χ4n) is 3.85. The van der Waals surface area contributed by atoms with Gasteiger partial charge in [-0.25, -0.2) is 4.98 Å². The van der Waals surface area contributed by atoms with Gasteiger partial charge in [0.15, 0.2) is 5.82 Å². The molecule has 1 aliphatic heterocycles. The van der Waals surface area contributed by atoms with Crippen LogP contribution in [-0.2, 0) is 9.59 Å². The molecule has 1 aromatic carbocycles. The smallest absolute Gasteiger partial charge is 0.287 e. The van der Waals surface area contributed by atoms with Crippen molar-refractivity contribution in [1.29, 1.82) is 5.26 Å². The normalized spacial score (nSPS) is 19.8. The van der Waals surface area contributed by atoms with Gasteiger partial charge in [-0.2, -0.15) is 5.26 Å². The minimum Gasteiger partial charge on any atom is -0.356 e. The Balaban J connectivity index is 1.45. The van der Waals surface area contributed by atoms with E-state index in [1.54, 1.807) is 12.1 Å². The first-order valence-corrected chi connectivity index (χ1v) is 11.2. The van der Waals surface area contributed by atoms with Crippen LogP contribution in [0.1, 0.15) is 42.7 Å². The van der Waals surface area contributed by atoms with Crippen LogP contribution in [0.25, 0.3) is 11.0 Å². The zero-order valence-electron chi connectivity index (χ0n) is 17.1. The Labute approximate surface area is 194 Å². The maximum atomic E-state index is 12.9. The number of aromatic nitrogens is 2. The maximum Gasteiger partial charge on any atom is 0.287 e. The second kappa shape index (κ2) is 9.35. The van der Waals surface area contributed by atoms with Crippen LogP contribution in [0, 0.1) is 23.2 Å². The number of hydrogen-bond acceptors (Lipinski definition) is 5. The Hall–Kier alpha value is -2.83. The van der Waals surface area contributed by atoms with Crippen LogP contribution in [0.3, 0.4) is 0 Å². The average molecular weight is 477 g/mol. The quantitative estimate of drug-likeness (QED) is 0.462. The van der Waals surface area contributed by atoms with Crippen molar-refractivity contribution in [1.82, 2.24) is 25.9 Å². The number of halogens is 2. The number of carbonyl (C=O) groups excluding carboxylic acids is 3. The zero-order valence-corrected chi connectivity index (χ0v) is 18.6. The van der Waals surface area contributed by atoms with Gasteiger partial charge < -0.3 is 20.9 Å². The number of nitriles is 1. The van der Waals surface area contributed by atoms with Crippen LogP contribution in [-0.4, -0.2) is 46.3 Å². The highest BCUT2D eigenvalue weighted by Gasteiger charge is 2.33. The van der Waals surface area contributed by atoms with Gasteiger partial charge in [-0.1, -0.05) is 36.0 Å². The maximum absolute atomic E-state index is 12.9. The van der Waals surface area contributed by atoms with Gasteiger partial charge in [0.1, 0.15) is 17.6 Å². The highest BCUT2D eigenvalue weighted by atomic mass is 35.5. The molecular formula is C21H22Cl2N6O3. The van der Waals surface area contributed by atoms with Gasteiger partial charge in [0.25, 0.3) is 5.91 Å². The van der Waals surface area contributed by atoms with Crippen molar-refractivity contribution >= 4 is 52.0 Å². The monoisotopic (exact) mass is 476 g/mol. The first kappa shape index (κ1) is 22.4. The van der Waals surface area contributed by atoms with Crippen molar-refractivity contribution in [2.45, 2.75) is 44.2 Å². The lowest BCUT2D eigenvalue weighted by Gasteiger charge is -2.21. The fourth-order valence-corrected chi connectivity index (χ4v) is 4.25. The molecule has 1 aromatic heterocycles. The summed E-state index contributed by atoms with van der Waals surface area (Å²) in [7, 11) is 0. The third-order valence-corrected chi connectivity index (χ3v) is 6.42. The van der Waals surface area contributed by atoms with Crippen LogP contribution in [0.15, 0.2) is 12.1 Å². The van der Waals surface area contributed by atoms with Gasteiger partial charge in [0.2, 0.25) is 11.8 Å². The Bertz CT molecular complexity index is 1070. The highest BCUT2D eigenvalue weighted by Crippen LogP contribution is 2.34. The molecule has 1 saturated carbocycles. The summed E-state index contributed by atoms with van der Waals surface area (Å²) in [5.41, 5.74) is 0.804. The number of carbonyl (C=O) groups is 3. The number of benzene rings is 1. The van der Waals surface area contributed by atoms with E-state index >= 15 is 0 Å². The van der Waals surface area contributed by atoms with E-state index in [0.29, 0.717) is 46.4 Å². The topological polar surface area (TPSA) is 140 Å². The Morgan fingerprint density at radius 3 is 2.56 bits per heavy atom. The number of fused-ring (bicyclic) bond motifs is 1. The van der Waals surface area contributed by atoms with Crippen molar-refractivity contribution in [3.05, 3.63) is 28.0 Å². The van der Waals surface area contributed by atoms with Gasteiger partial charge in [0, 0.05) is 12.5 Å². The minimum absolute atomic E-state index is 0.0111. The Kier molecular flexibility index (Phi) is 6.53. The number of imidazole rings is 1. The van der Waals surface area contributed by atoms with Crippen molar-refractivity contribution in [3.8, 4) is 6.07 Å². The molecular weight excluding hydrogens is 455 g/mol. The van der Waals surface area contributed by atoms with Crippen molar-refractivity contribution < 1.29 is 14.4 Å². The molecule has 1 aliphatic carbocycles. The van der Waals surface area contributed by atoms with Gasteiger partial charge in [-0.15, -0.1) is 0 Å². The first-order chi connectivity index (χ1) is 15.4. The summed E-state index contributed by atoms with van der Waals surface area (Å²) < 4.78 is 0. The third kappa shape index (κ3) is 4.97. The number of aromatic amines is 1. The average Bonchev–Trinajstić information content (AvgIpc) is 3.31. The highest BCUT2D eigenvalue weighted by molar-refractivity contribution is 6.39. The number of hydrogen-bond donors (Lipinski definition) is 4. The molecule has 2 aliphatic rings. The molecule has 1 unspecified atom stereocenters. The molecule has 0 radical (unpaired) electrons. The van der Waals surface area contributed by atoms with E-state index in [0.717, 1.165) is 12.8 Å². The zero-order chi connectivity index (χ0) is 22.8. The molecule has 2 aromatic rings. The summed E-state index contributed by atoms with van der Waals surface area (Å²) in [5, 5.41) is 18.3. The molecule has 3 amide bonds. The van der Waals surface area contributed by atoms with Gasteiger partial charge in [0.05, 0.1) is 21.6 Å². The Morgan fingerprint density at radius 1 is 1.19 bits per heavy atom. The Morgan fingerprint density at radius 2 is 1.94 bits per heavy atom. The molecule has 1 saturated heterocycles. The van der Waals surface area contributed by atoms with E-state index in [-0.39, 0.29) is 24.1 Å². The summed E-state index contributed by atoms with van der Waals surface area (Å²) in [5.74, 6) is -1.11. The van der Waals surface area contributed by atoms with E-state index in [9.17, 15) is 19.6 Å². The van der Waals surface area contributed by atoms with Crippen LogP contribution >= 0.6 is 23.2 Å². The largest absolute Gasteiger partial charge is 0.356 e. The van der Waals surface area contributed by atoms with Crippen molar-refractivity contribution in [2.24, 2.45) is 11.8 Å². The lowest BCUT2D eigenvalue weighted by molar-refractivity contribution is -0.125. The third-order valence-electron chi connectivity index (χ3n) is 5.80. The van der Waals surface area contributed by atoms with Crippen LogP contribution in [0.5, 0.6) is 0 Å². The van der Waals surface area contributed by atoms with Crippen molar-refractivity contribution in [3.63, 3.8) is 0 Å². The molecule has 168 valence electrons. The molecule has 4 N–H and O–H groups in total. The van der Waals surface area contributed by atoms with Crippen LogP contribution < -0.4 is 16.0 Å². The summed E-state index contributed by atoms with van der Waals surface area (Å²) in [4.78, 5) is 44.6. The van der Waals surface area contributed by atoms with E-state index < -0.39 is 23.9 Å². The molecule has 2 heterocycles. The molecule has 2 fully saturated rings. The van der Waals surface area contributed by atoms with E-state index in [2.05, 4.69) is 25.9 Å². The van der Waals surface area contributed by atoms with E-state index in [1.165, 1.54) is 0 Å².